The number of hydrogen-bond donors (Lipinski definition) is 1. The molecule has 0 atom stereocenters. The number of halogens is 1. The van der Waals surface area contributed by atoms with Crippen LogP contribution < -0.4 is 4.18 Å². The monoisotopic (exact) mass is 766 g/mol. The van der Waals surface area contributed by atoms with Crippen LogP contribution in [0.15, 0.2) is 101 Å². The molecule has 0 unspecified atom stereocenters. The second-order valence-corrected chi connectivity index (χ2v) is 19.8. The fourth-order valence-electron chi connectivity index (χ4n) is 4.18. The van der Waals surface area contributed by atoms with Gasteiger partial charge in [0.15, 0.2) is 0 Å². The summed E-state index contributed by atoms with van der Waals surface area (Å²) in [5, 5.41) is 0. The van der Waals surface area contributed by atoms with Gasteiger partial charge in [-0.2, -0.15) is 0 Å². The standard InChI is InChI=1S/C33H36INO8S2/c1-23-8-18-28(19-9-23)45(40,41)42-31-21-20-29(44(37,38)39)22-30(31)35(36)43-34(26-14-10-24(11-15-26)32(2,3)4)27-16-12-25(13-17-27)33(5,6)7/h8-22H,1-7H3/p+1. The van der Waals surface area contributed by atoms with E-state index in [0.717, 1.165) is 42.0 Å². The fourth-order valence-corrected chi connectivity index (χ4v) is 9.39. The number of benzene rings is 4. The van der Waals surface area contributed by atoms with E-state index < -0.39 is 56.8 Å². The van der Waals surface area contributed by atoms with Gasteiger partial charge in [-0.25, -0.2) is 0 Å². The molecular formula is C33H37INO8S2+. The van der Waals surface area contributed by atoms with E-state index in [1.54, 1.807) is 19.1 Å². The quantitative estimate of drug-likeness (QED) is 0.0784. The van der Waals surface area contributed by atoms with Gasteiger partial charge in [-0.15, -0.1) is 0 Å². The first-order valence-electron chi connectivity index (χ1n) is 14.0. The zero-order chi connectivity index (χ0) is 33.4. The molecule has 45 heavy (non-hydrogen) atoms. The van der Waals surface area contributed by atoms with Crippen molar-refractivity contribution in [2.75, 3.05) is 0 Å². The molecule has 1 N–H and O–H groups in total. The summed E-state index contributed by atoms with van der Waals surface area (Å²) in [6.45, 7) is 14.3. The van der Waals surface area contributed by atoms with Crippen molar-refractivity contribution in [2.45, 2.75) is 69.1 Å². The summed E-state index contributed by atoms with van der Waals surface area (Å²) < 4.78 is 72.9. The van der Waals surface area contributed by atoms with Gasteiger partial charge in [0.2, 0.25) is 0 Å². The Morgan fingerprint density at radius 1 is 0.667 bits per heavy atom. The zero-order valence-corrected chi connectivity index (χ0v) is 29.9. The molecule has 4 rings (SSSR count). The molecule has 4 aromatic carbocycles. The van der Waals surface area contributed by atoms with Crippen LogP contribution in [0.1, 0.15) is 58.2 Å². The van der Waals surface area contributed by atoms with Crippen molar-refractivity contribution in [1.82, 2.24) is 0 Å². The van der Waals surface area contributed by atoms with E-state index in [-0.39, 0.29) is 20.6 Å². The molecule has 4 aromatic rings. The number of nitrogens with zero attached hydrogens (tertiary/aromatic N) is 1. The molecular weight excluding hydrogens is 729 g/mol. The van der Waals surface area contributed by atoms with Crippen LogP contribution in [0.3, 0.4) is 0 Å². The van der Waals surface area contributed by atoms with Crippen molar-refractivity contribution in [3.05, 3.63) is 120 Å². The van der Waals surface area contributed by atoms with Gasteiger partial charge in [0.25, 0.3) is 0 Å². The van der Waals surface area contributed by atoms with E-state index in [1.807, 2.05) is 48.5 Å². The van der Waals surface area contributed by atoms with E-state index >= 15 is 0 Å². The molecule has 0 bridgehead atoms. The van der Waals surface area contributed by atoms with Gasteiger partial charge in [-0.05, 0) is 0 Å². The summed E-state index contributed by atoms with van der Waals surface area (Å²) in [6, 6.07) is 24.2. The van der Waals surface area contributed by atoms with E-state index in [1.165, 1.54) is 12.1 Å². The maximum absolute atomic E-state index is 13.8. The van der Waals surface area contributed by atoms with Crippen LogP contribution in [0.5, 0.6) is 5.75 Å². The second kappa shape index (κ2) is 12.8. The number of hydrogen-bond acceptors (Lipinski definition) is 7. The van der Waals surface area contributed by atoms with Gasteiger partial charge >= 0.3 is 274 Å². The molecule has 0 aliphatic rings. The molecule has 9 nitrogen and oxygen atoms in total. The Labute approximate surface area is 272 Å². The molecule has 0 fully saturated rings. The molecule has 0 saturated carbocycles. The Hall–Kier alpha value is -3.33. The molecule has 0 spiro atoms. The van der Waals surface area contributed by atoms with Gasteiger partial charge in [0.1, 0.15) is 0 Å². The summed E-state index contributed by atoms with van der Waals surface area (Å²) in [5.74, 6) is -0.472. The van der Waals surface area contributed by atoms with Crippen molar-refractivity contribution < 1.29 is 33.7 Å². The Balaban J connectivity index is 1.80. The molecule has 0 heterocycles. The van der Waals surface area contributed by atoms with E-state index in [0.29, 0.717) is 0 Å². The summed E-state index contributed by atoms with van der Waals surface area (Å²) in [5.41, 5.74) is 2.24. The van der Waals surface area contributed by atoms with Gasteiger partial charge in [0.05, 0.1) is 0 Å². The molecule has 0 aliphatic carbocycles. The second-order valence-electron chi connectivity index (χ2n) is 12.5. The van der Waals surface area contributed by atoms with E-state index in [2.05, 4.69) is 41.5 Å². The summed E-state index contributed by atoms with van der Waals surface area (Å²) in [6.07, 6.45) is 0. The maximum atomic E-state index is 13.8. The van der Waals surface area contributed by atoms with Crippen LogP contribution in [0.4, 0.5) is 5.69 Å². The predicted octanol–water partition coefficient (Wildman–Crippen LogP) is 8.11. The van der Waals surface area contributed by atoms with Gasteiger partial charge in [-0.3, -0.25) is 0 Å². The SMILES string of the molecule is Cc1ccc(S(=O)(=O)Oc2ccc(S(=O)(=O)O)cc2[N+](=O)OI(c2ccc(C(C)(C)C)cc2)c2ccc(C(C)(C)C)cc2)cc1. The van der Waals surface area contributed by atoms with Crippen LogP contribution in [0.25, 0.3) is 0 Å². The minimum atomic E-state index is -4.76. The van der Waals surface area contributed by atoms with Gasteiger partial charge < -0.3 is 0 Å². The molecule has 0 amide bonds. The van der Waals surface area contributed by atoms with Crippen molar-refractivity contribution in [3.8, 4) is 5.75 Å². The van der Waals surface area contributed by atoms with Crippen molar-refractivity contribution in [1.29, 1.82) is 0 Å². The van der Waals surface area contributed by atoms with Crippen LogP contribution in [-0.4, -0.2) is 26.3 Å². The fraction of sp³-hybridized carbons (Fsp3) is 0.273. The van der Waals surface area contributed by atoms with Crippen molar-refractivity contribution >= 4 is 46.2 Å². The number of rotatable bonds is 9. The van der Waals surface area contributed by atoms with Gasteiger partial charge in [-0.1, -0.05) is 0 Å². The number of aryl methyl sites for hydroxylation is 1. The van der Waals surface area contributed by atoms with Crippen molar-refractivity contribution in [3.63, 3.8) is 0 Å². The van der Waals surface area contributed by atoms with Crippen LogP contribution in [0.2, 0.25) is 0 Å². The van der Waals surface area contributed by atoms with Crippen LogP contribution in [-0.2, 0) is 34.2 Å². The van der Waals surface area contributed by atoms with E-state index in [4.69, 9.17) is 7.35 Å². The molecule has 0 radical (unpaired) electrons. The van der Waals surface area contributed by atoms with Crippen molar-refractivity contribution in [2.24, 2.45) is 0 Å². The van der Waals surface area contributed by atoms with E-state index in [9.17, 15) is 26.3 Å². The van der Waals surface area contributed by atoms with Gasteiger partial charge in [0, 0.05) is 0 Å². The first-order chi connectivity index (χ1) is 20.8. The first-order valence-corrected chi connectivity index (χ1v) is 19.8. The molecule has 0 aliphatic heterocycles. The third-order valence-electron chi connectivity index (χ3n) is 6.88. The average Bonchev–Trinajstić information content (AvgIpc) is 2.94. The summed E-state index contributed by atoms with van der Waals surface area (Å²) >= 11 is -3.06. The molecule has 12 heteroatoms. The summed E-state index contributed by atoms with van der Waals surface area (Å²) in [4.78, 5) is 13.1. The Kier molecular flexibility index (Phi) is 9.84. The minimum absolute atomic E-state index is 0.0782. The average molecular weight is 767 g/mol. The first kappa shape index (κ1) is 34.5. The summed E-state index contributed by atoms with van der Waals surface area (Å²) in [7, 11) is -9.18. The molecule has 0 aromatic heterocycles. The third kappa shape index (κ3) is 8.48. The normalized spacial score (nSPS) is 12.8. The zero-order valence-electron chi connectivity index (χ0n) is 26.1. The predicted molar refractivity (Wildman–Crippen MR) is 181 cm³/mol. The Bertz CT molecular complexity index is 1850. The Morgan fingerprint density at radius 2 is 1.11 bits per heavy atom. The Morgan fingerprint density at radius 3 is 1.53 bits per heavy atom. The third-order valence-corrected chi connectivity index (χ3v) is 13.4. The molecule has 240 valence electrons. The topological polar surface area (TPSA) is 127 Å². The molecule has 0 saturated heterocycles. The van der Waals surface area contributed by atoms with Crippen LogP contribution in [0, 0.1) is 19.0 Å². The van der Waals surface area contributed by atoms with Crippen LogP contribution >= 0.6 is 20.2 Å².